The van der Waals surface area contributed by atoms with Crippen LogP contribution in [-0.4, -0.2) is 33.9 Å². The fourth-order valence-electron chi connectivity index (χ4n) is 1.88. The first-order valence-corrected chi connectivity index (χ1v) is 5.93. The maximum atomic E-state index is 12.2. The van der Waals surface area contributed by atoms with Crippen LogP contribution < -0.4 is 9.64 Å². The maximum Gasteiger partial charge on any atom is 0.322 e. The number of ether oxygens (including phenoxy) is 1. The topological polar surface area (TPSA) is 85.3 Å². The highest BCUT2D eigenvalue weighted by atomic mass is 35.5. The molecule has 2 amide bonds. The molecule has 100 valence electrons. The van der Waals surface area contributed by atoms with Gasteiger partial charge < -0.3 is 4.74 Å². The Morgan fingerprint density at radius 1 is 1.05 bits per heavy atom. The molecule has 3 rings (SSSR count). The normalized spacial score (nSPS) is 13.6. The lowest BCUT2D eigenvalue weighted by atomic mass is 10.1. The molecule has 0 aliphatic carbocycles. The zero-order chi connectivity index (χ0) is 14.3. The molecule has 0 unspecified atom stereocenters. The number of imide groups is 1. The predicted molar refractivity (Wildman–Crippen MR) is 69.0 cm³/mol. The van der Waals surface area contributed by atoms with E-state index in [4.69, 9.17) is 16.3 Å². The monoisotopic (exact) mass is 290 g/mol. The number of methoxy groups -OCH3 is 1. The van der Waals surface area contributed by atoms with E-state index in [1.807, 2.05) is 0 Å². The van der Waals surface area contributed by atoms with Gasteiger partial charge in [0.05, 0.1) is 18.2 Å². The van der Waals surface area contributed by atoms with Gasteiger partial charge in [-0.2, -0.15) is 15.0 Å². The lowest BCUT2D eigenvalue weighted by molar-refractivity contribution is 0.0923. The van der Waals surface area contributed by atoms with Crippen molar-refractivity contribution >= 4 is 29.4 Å². The summed E-state index contributed by atoms with van der Waals surface area (Å²) in [6.07, 6.45) is 0. The van der Waals surface area contributed by atoms with E-state index in [2.05, 4.69) is 15.0 Å². The van der Waals surface area contributed by atoms with Gasteiger partial charge in [-0.3, -0.25) is 9.59 Å². The number of nitrogens with zero attached hydrogens (tertiary/aromatic N) is 4. The number of rotatable bonds is 2. The summed E-state index contributed by atoms with van der Waals surface area (Å²) >= 11 is 5.72. The van der Waals surface area contributed by atoms with Gasteiger partial charge in [0.15, 0.2) is 0 Å². The Hall–Kier alpha value is -2.54. The largest absolute Gasteiger partial charge is 0.467 e. The van der Waals surface area contributed by atoms with E-state index in [1.54, 1.807) is 24.3 Å². The summed E-state index contributed by atoms with van der Waals surface area (Å²) in [6, 6.07) is 6.41. The van der Waals surface area contributed by atoms with Crippen molar-refractivity contribution in [1.29, 1.82) is 0 Å². The second-order valence-electron chi connectivity index (χ2n) is 3.88. The molecule has 0 spiro atoms. The molecule has 0 atom stereocenters. The summed E-state index contributed by atoms with van der Waals surface area (Å²) in [5.74, 6) is -1.17. The molecule has 8 heteroatoms. The van der Waals surface area contributed by atoms with Crippen LogP contribution in [0.5, 0.6) is 6.01 Å². The zero-order valence-corrected chi connectivity index (χ0v) is 11.0. The lowest BCUT2D eigenvalue weighted by Gasteiger charge is -2.11. The number of carbonyl (C=O) groups excluding carboxylic acids is 2. The van der Waals surface area contributed by atoms with Gasteiger partial charge in [-0.1, -0.05) is 12.1 Å². The number of aromatic nitrogens is 3. The van der Waals surface area contributed by atoms with Crippen molar-refractivity contribution in [1.82, 2.24) is 15.0 Å². The van der Waals surface area contributed by atoms with Crippen LogP contribution in [0.4, 0.5) is 5.95 Å². The van der Waals surface area contributed by atoms with Crippen molar-refractivity contribution < 1.29 is 14.3 Å². The van der Waals surface area contributed by atoms with Crippen LogP contribution in [-0.2, 0) is 0 Å². The molecule has 2 heterocycles. The van der Waals surface area contributed by atoms with Crippen LogP contribution in [0.25, 0.3) is 0 Å². The molecular formula is C12H7ClN4O3. The Morgan fingerprint density at radius 3 is 2.20 bits per heavy atom. The fourth-order valence-corrected chi connectivity index (χ4v) is 2.03. The smallest absolute Gasteiger partial charge is 0.322 e. The second-order valence-corrected chi connectivity index (χ2v) is 4.22. The molecule has 2 aromatic rings. The molecule has 0 bridgehead atoms. The van der Waals surface area contributed by atoms with Crippen LogP contribution in [0, 0.1) is 0 Å². The molecule has 1 aliphatic rings. The highest BCUT2D eigenvalue weighted by Gasteiger charge is 2.38. The molecule has 1 aliphatic heterocycles. The minimum absolute atomic E-state index is 0.0726. The third-order valence-electron chi connectivity index (χ3n) is 2.75. The summed E-state index contributed by atoms with van der Waals surface area (Å²) in [7, 11) is 1.35. The molecule has 0 radical (unpaired) electrons. The maximum absolute atomic E-state index is 12.2. The van der Waals surface area contributed by atoms with Crippen LogP contribution in [0.1, 0.15) is 20.7 Å². The second kappa shape index (κ2) is 4.53. The summed E-state index contributed by atoms with van der Waals surface area (Å²) in [6.45, 7) is 0. The standard InChI is InChI=1S/C12H7ClN4O3/c1-20-12-15-10(13)14-11(16-12)17-8(18)6-4-2-3-5-7(6)9(17)19/h2-5H,1H3. The quantitative estimate of drug-likeness (QED) is 0.776. The summed E-state index contributed by atoms with van der Waals surface area (Å²) in [5.41, 5.74) is 0.598. The average molecular weight is 291 g/mol. The summed E-state index contributed by atoms with van der Waals surface area (Å²) in [5, 5.41) is -0.164. The number of fused-ring (bicyclic) bond motifs is 1. The lowest BCUT2D eigenvalue weighted by Crippen LogP contribution is -2.31. The molecular weight excluding hydrogens is 284 g/mol. The molecule has 0 fully saturated rings. The number of hydrogen-bond acceptors (Lipinski definition) is 6. The molecule has 1 aromatic heterocycles. The van der Waals surface area contributed by atoms with Crippen LogP contribution in [0.3, 0.4) is 0 Å². The molecule has 7 nitrogen and oxygen atoms in total. The Balaban J connectivity index is 2.11. The first-order chi connectivity index (χ1) is 9.61. The molecule has 0 saturated heterocycles. The molecule has 0 N–H and O–H groups in total. The minimum atomic E-state index is -0.505. The molecule has 0 saturated carbocycles. The van der Waals surface area contributed by atoms with Crippen molar-refractivity contribution in [3.63, 3.8) is 0 Å². The Bertz CT molecular complexity index is 699. The van der Waals surface area contributed by atoms with E-state index in [0.717, 1.165) is 4.90 Å². The van der Waals surface area contributed by atoms with Gasteiger partial charge in [-0.15, -0.1) is 0 Å². The Kier molecular flexibility index (Phi) is 2.83. The van der Waals surface area contributed by atoms with Gasteiger partial charge >= 0.3 is 6.01 Å². The van der Waals surface area contributed by atoms with Crippen molar-refractivity contribution in [2.24, 2.45) is 0 Å². The number of benzene rings is 1. The van der Waals surface area contributed by atoms with Gasteiger partial charge in [-0.25, -0.2) is 4.90 Å². The zero-order valence-electron chi connectivity index (χ0n) is 10.2. The van der Waals surface area contributed by atoms with E-state index in [9.17, 15) is 9.59 Å². The van der Waals surface area contributed by atoms with Crippen LogP contribution in [0.2, 0.25) is 5.28 Å². The van der Waals surface area contributed by atoms with Crippen molar-refractivity contribution in [3.05, 3.63) is 40.7 Å². The molecule has 20 heavy (non-hydrogen) atoms. The van der Waals surface area contributed by atoms with E-state index in [1.165, 1.54) is 7.11 Å². The Morgan fingerprint density at radius 2 is 1.65 bits per heavy atom. The number of amides is 2. The first-order valence-electron chi connectivity index (χ1n) is 5.55. The SMILES string of the molecule is COc1nc(Cl)nc(N2C(=O)c3ccccc3C2=O)n1. The molecule has 1 aromatic carbocycles. The average Bonchev–Trinajstić information content (AvgIpc) is 2.71. The summed E-state index contributed by atoms with van der Waals surface area (Å²) < 4.78 is 4.85. The van der Waals surface area contributed by atoms with Gasteiger partial charge in [0, 0.05) is 0 Å². The van der Waals surface area contributed by atoms with E-state index in [0.29, 0.717) is 11.1 Å². The van der Waals surface area contributed by atoms with Gasteiger partial charge in [-0.05, 0) is 23.7 Å². The third kappa shape index (κ3) is 1.79. The fraction of sp³-hybridized carbons (Fsp3) is 0.0833. The minimum Gasteiger partial charge on any atom is -0.467 e. The predicted octanol–water partition coefficient (Wildman–Crippen LogP) is 1.33. The van der Waals surface area contributed by atoms with E-state index >= 15 is 0 Å². The third-order valence-corrected chi connectivity index (χ3v) is 2.92. The Labute approximate surface area is 118 Å². The van der Waals surface area contributed by atoms with Crippen molar-refractivity contribution in [2.45, 2.75) is 0 Å². The van der Waals surface area contributed by atoms with Crippen molar-refractivity contribution in [2.75, 3.05) is 12.0 Å². The van der Waals surface area contributed by atoms with Crippen molar-refractivity contribution in [3.8, 4) is 6.01 Å². The van der Waals surface area contributed by atoms with Crippen LogP contribution in [0.15, 0.2) is 24.3 Å². The van der Waals surface area contributed by atoms with E-state index < -0.39 is 11.8 Å². The van der Waals surface area contributed by atoms with Crippen LogP contribution >= 0.6 is 11.6 Å². The number of hydrogen-bond donors (Lipinski definition) is 0. The van der Waals surface area contributed by atoms with Gasteiger partial charge in [0.1, 0.15) is 0 Å². The van der Waals surface area contributed by atoms with Gasteiger partial charge in [0.25, 0.3) is 11.8 Å². The van der Waals surface area contributed by atoms with Gasteiger partial charge in [0.2, 0.25) is 11.2 Å². The number of carbonyl (C=O) groups is 2. The highest BCUT2D eigenvalue weighted by molar-refractivity contribution is 6.34. The highest BCUT2D eigenvalue weighted by Crippen LogP contribution is 2.27. The number of anilines is 1. The number of halogens is 1. The van der Waals surface area contributed by atoms with E-state index in [-0.39, 0.29) is 17.2 Å². The summed E-state index contributed by atoms with van der Waals surface area (Å²) in [4.78, 5) is 36.7. The first kappa shape index (κ1) is 12.5.